The first-order valence-corrected chi connectivity index (χ1v) is 7.60. The number of rotatable bonds is 6. The van der Waals surface area contributed by atoms with E-state index in [2.05, 4.69) is 25.8 Å². The highest BCUT2D eigenvalue weighted by Crippen LogP contribution is 2.11. The maximum absolute atomic E-state index is 11.9. The molecule has 0 bridgehead atoms. The molecule has 0 radical (unpaired) electrons. The minimum absolute atomic E-state index is 0.0324. The highest BCUT2D eigenvalue weighted by atomic mass is 32.2. The van der Waals surface area contributed by atoms with Gasteiger partial charge in [-0.05, 0) is 36.4 Å². The van der Waals surface area contributed by atoms with Crippen LogP contribution in [0.3, 0.4) is 0 Å². The summed E-state index contributed by atoms with van der Waals surface area (Å²) in [5.41, 5.74) is 1.96. The normalized spacial score (nSPS) is 12.1. The fourth-order valence-corrected chi connectivity index (χ4v) is 2.53. The Kier molecular flexibility index (Phi) is 5.26. The van der Waals surface area contributed by atoms with Crippen LogP contribution >= 0.6 is 11.8 Å². The van der Waals surface area contributed by atoms with Crippen LogP contribution in [-0.2, 0) is 18.3 Å². The lowest BCUT2D eigenvalue weighted by Crippen LogP contribution is -2.35. The van der Waals surface area contributed by atoms with Gasteiger partial charge in [-0.15, -0.1) is 5.10 Å². The van der Waals surface area contributed by atoms with Crippen molar-refractivity contribution in [3.63, 3.8) is 0 Å². The van der Waals surface area contributed by atoms with Gasteiger partial charge in [0.1, 0.15) is 0 Å². The van der Waals surface area contributed by atoms with E-state index in [0.717, 1.165) is 11.4 Å². The van der Waals surface area contributed by atoms with Crippen molar-refractivity contribution in [1.29, 1.82) is 0 Å². The van der Waals surface area contributed by atoms with Gasteiger partial charge >= 0.3 is 0 Å². The largest absolute Gasteiger partial charge is 0.353 e. The van der Waals surface area contributed by atoms with Crippen molar-refractivity contribution in [1.82, 2.24) is 30.5 Å². The van der Waals surface area contributed by atoms with Gasteiger partial charge in [-0.2, -0.15) is 0 Å². The second kappa shape index (κ2) is 7.16. The molecule has 2 aromatic heterocycles. The van der Waals surface area contributed by atoms with Crippen LogP contribution in [0.25, 0.3) is 0 Å². The number of aryl methyl sites for hydroxylation is 2. The second-order valence-corrected chi connectivity index (χ2v) is 5.76. The highest BCUT2D eigenvalue weighted by molar-refractivity contribution is 7.99. The topological polar surface area (TPSA) is 85.6 Å². The van der Waals surface area contributed by atoms with Crippen molar-refractivity contribution in [2.75, 3.05) is 5.75 Å². The summed E-state index contributed by atoms with van der Waals surface area (Å²) in [6, 6.07) is 5.93. The maximum Gasteiger partial charge on any atom is 0.230 e. The summed E-state index contributed by atoms with van der Waals surface area (Å²) >= 11 is 1.31. The summed E-state index contributed by atoms with van der Waals surface area (Å²) in [7, 11) is 1.74. The first kappa shape index (κ1) is 15.4. The molecule has 0 aliphatic heterocycles. The third kappa shape index (κ3) is 4.82. The molecule has 2 heterocycles. The van der Waals surface area contributed by atoms with E-state index in [9.17, 15) is 4.79 Å². The van der Waals surface area contributed by atoms with Crippen molar-refractivity contribution < 1.29 is 4.79 Å². The number of amides is 1. The van der Waals surface area contributed by atoms with E-state index in [0.29, 0.717) is 17.3 Å². The molecule has 2 rings (SSSR count). The van der Waals surface area contributed by atoms with Gasteiger partial charge in [0.15, 0.2) is 0 Å². The standard InChI is InChI=1S/C13H18N6OS/c1-9-5-4-6-11(14-9)7-10(2)15-12(20)8-21-13-16-17-18-19(13)3/h4-6,10H,7-8H2,1-3H3,(H,15,20)/t10-/m0/s1. The molecular formula is C13H18N6OS. The lowest BCUT2D eigenvalue weighted by Gasteiger charge is -2.13. The third-order valence-corrected chi connectivity index (χ3v) is 3.79. The molecule has 7 nitrogen and oxygen atoms in total. The SMILES string of the molecule is Cc1cccc(C[C@H](C)NC(=O)CSc2nnnn2C)n1. The van der Waals surface area contributed by atoms with Crippen LogP contribution in [0, 0.1) is 6.92 Å². The number of pyridine rings is 1. The monoisotopic (exact) mass is 306 g/mol. The van der Waals surface area contributed by atoms with Gasteiger partial charge in [0.05, 0.1) is 5.75 Å². The minimum Gasteiger partial charge on any atom is -0.353 e. The molecule has 0 saturated carbocycles. The number of hydrogen-bond acceptors (Lipinski definition) is 6. The Hall–Kier alpha value is -1.96. The molecule has 0 unspecified atom stereocenters. The van der Waals surface area contributed by atoms with Gasteiger partial charge in [-0.1, -0.05) is 17.8 Å². The predicted molar refractivity (Wildman–Crippen MR) is 79.8 cm³/mol. The first-order valence-electron chi connectivity index (χ1n) is 6.61. The lowest BCUT2D eigenvalue weighted by molar-refractivity contribution is -0.119. The summed E-state index contributed by atoms with van der Waals surface area (Å²) in [5, 5.41) is 14.6. The Morgan fingerprint density at radius 2 is 2.29 bits per heavy atom. The van der Waals surface area contributed by atoms with E-state index in [1.54, 1.807) is 7.05 Å². The zero-order valence-corrected chi connectivity index (χ0v) is 13.1. The van der Waals surface area contributed by atoms with Crippen LogP contribution < -0.4 is 5.32 Å². The molecule has 0 spiro atoms. The molecule has 1 amide bonds. The van der Waals surface area contributed by atoms with Gasteiger partial charge in [0, 0.05) is 30.9 Å². The van der Waals surface area contributed by atoms with E-state index in [1.807, 2.05) is 32.0 Å². The number of aromatic nitrogens is 5. The molecule has 1 atom stereocenters. The minimum atomic E-state index is -0.0387. The van der Waals surface area contributed by atoms with Crippen molar-refractivity contribution in [3.8, 4) is 0 Å². The molecule has 21 heavy (non-hydrogen) atoms. The van der Waals surface area contributed by atoms with Crippen LogP contribution in [0.5, 0.6) is 0 Å². The molecule has 112 valence electrons. The average molecular weight is 306 g/mol. The number of nitrogens with zero attached hydrogens (tertiary/aromatic N) is 5. The van der Waals surface area contributed by atoms with Crippen LogP contribution in [0.4, 0.5) is 0 Å². The van der Waals surface area contributed by atoms with E-state index in [1.165, 1.54) is 16.4 Å². The number of nitrogens with one attached hydrogen (secondary N) is 1. The summed E-state index contributed by atoms with van der Waals surface area (Å²) in [5.74, 6) is 0.253. The molecule has 0 fully saturated rings. The van der Waals surface area contributed by atoms with Gasteiger partial charge in [0.2, 0.25) is 11.1 Å². The fourth-order valence-electron chi connectivity index (χ4n) is 1.87. The van der Waals surface area contributed by atoms with E-state index >= 15 is 0 Å². The van der Waals surface area contributed by atoms with E-state index in [4.69, 9.17) is 0 Å². The Labute approximate surface area is 127 Å². The van der Waals surface area contributed by atoms with Gasteiger partial charge < -0.3 is 5.32 Å². The molecule has 8 heteroatoms. The van der Waals surface area contributed by atoms with Gasteiger partial charge in [0.25, 0.3) is 0 Å². The van der Waals surface area contributed by atoms with Crippen molar-refractivity contribution in [2.45, 2.75) is 31.5 Å². The van der Waals surface area contributed by atoms with E-state index in [-0.39, 0.29) is 11.9 Å². The summed E-state index contributed by atoms with van der Waals surface area (Å²) < 4.78 is 1.54. The second-order valence-electron chi connectivity index (χ2n) is 4.82. The Balaban J connectivity index is 1.78. The van der Waals surface area contributed by atoms with Gasteiger partial charge in [-0.3, -0.25) is 9.78 Å². The highest BCUT2D eigenvalue weighted by Gasteiger charge is 2.11. The molecule has 1 N–H and O–H groups in total. The number of hydrogen-bond donors (Lipinski definition) is 1. The Bertz CT molecular complexity index is 614. The van der Waals surface area contributed by atoms with Gasteiger partial charge in [-0.25, -0.2) is 4.68 Å². The fraction of sp³-hybridized carbons (Fsp3) is 0.462. The summed E-state index contributed by atoms with van der Waals surface area (Å²) in [6.07, 6.45) is 0.712. The maximum atomic E-state index is 11.9. The molecule has 0 aliphatic carbocycles. The Morgan fingerprint density at radius 3 is 2.95 bits per heavy atom. The Morgan fingerprint density at radius 1 is 1.48 bits per heavy atom. The molecule has 0 aliphatic rings. The lowest BCUT2D eigenvalue weighted by atomic mass is 10.1. The number of carbonyl (C=O) groups is 1. The van der Waals surface area contributed by atoms with Crippen LogP contribution in [0.15, 0.2) is 23.4 Å². The van der Waals surface area contributed by atoms with Crippen LogP contribution in [-0.4, -0.2) is 42.9 Å². The average Bonchev–Trinajstić information content (AvgIpc) is 2.81. The van der Waals surface area contributed by atoms with Crippen molar-refractivity contribution >= 4 is 17.7 Å². The van der Waals surface area contributed by atoms with Crippen LogP contribution in [0.1, 0.15) is 18.3 Å². The van der Waals surface area contributed by atoms with Crippen molar-refractivity contribution in [3.05, 3.63) is 29.6 Å². The molecular weight excluding hydrogens is 288 g/mol. The third-order valence-electron chi connectivity index (χ3n) is 2.78. The predicted octanol–water partition coefficient (Wildman–Crippen LogP) is 0.753. The smallest absolute Gasteiger partial charge is 0.230 e. The zero-order valence-electron chi connectivity index (χ0n) is 12.3. The number of thioether (sulfide) groups is 1. The quantitative estimate of drug-likeness (QED) is 0.793. The van der Waals surface area contributed by atoms with Crippen molar-refractivity contribution in [2.24, 2.45) is 7.05 Å². The number of carbonyl (C=O) groups excluding carboxylic acids is 1. The number of tetrazole rings is 1. The molecule has 2 aromatic rings. The summed E-state index contributed by atoms with van der Waals surface area (Å²) in [6.45, 7) is 3.93. The first-order chi connectivity index (χ1) is 10.0. The molecule has 0 aromatic carbocycles. The zero-order chi connectivity index (χ0) is 15.2. The summed E-state index contributed by atoms with van der Waals surface area (Å²) in [4.78, 5) is 16.3. The van der Waals surface area contributed by atoms with Crippen LogP contribution in [0.2, 0.25) is 0 Å². The van der Waals surface area contributed by atoms with E-state index < -0.39 is 0 Å². The molecule has 0 saturated heterocycles.